The summed E-state index contributed by atoms with van der Waals surface area (Å²) in [6.07, 6.45) is 5.05. The van der Waals surface area contributed by atoms with Gasteiger partial charge in [0.05, 0.1) is 17.4 Å². The summed E-state index contributed by atoms with van der Waals surface area (Å²) in [5, 5.41) is 4.69. The Morgan fingerprint density at radius 1 is 1.20 bits per heavy atom. The summed E-state index contributed by atoms with van der Waals surface area (Å²) in [7, 11) is 0. The predicted molar refractivity (Wildman–Crippen MR) is 122 cm³/mol. The van der Waals surface area contributed by atoms with Crippen molar-refractivity contribution in [2.45, 2.75) is 37.0 Å². The second kappa shape index (κ2) is 7.04. The van der Waals surface area contributed by atoms with Gasteiger partial charge in [0.15, 0.2) is 0 Å². The van der Waals surface area contributed by atoms with Gasteiger partial charge in [-0.05, 0) is 43.9 Å². The maximum absolute atomic E-state index is 12.8. The Hall–Kier alpha value is -2.49. The maximum Gasteiger partial charge on any atom is 0.260 e. The number of rotatable bonds is 4. The van der Waals surface area contributed by atoms with Crippen molar-refractivity contribution in [3.63, 3.8) is 0 Å². The molecule has 0 amide bonds. The Bertz CT molecular complexity index is 1460. The van der Waals surface area contributed by atoms with Crippen LogP contribution in [0, 0.1) is 6.92 Å². The lowest BCUT2D eigenvalue weighted by Gasteiger charge is -2.06. The third-order valence-corrected chi connectivity index (χ3v) is 8.31. The minimum atomic E-state index is -0.135. The van der Waals surface area contributed by atoms with Gasteiger partial charge in [-0.15, -0.1) is 22.7 Å². The number of nitrogens with one attached hydrogen (secondary N) is 1. The topological polar surface area (TPSA) is 84.7 Å². The molecule has 0 spiro atoms. The van der Waals surface area contributed by atoms with Crippen LogP contribution in [0.15, 0.2) is 38.0 Å². The molecule has 5 aromatic heterocycles. The van der Waals surface area contributed by atoms with E-state index in [4.69, 9.17) is 14.4 Å². The highest BCUT2D eigenvalue weighted by Gasteiger charge is 2.22. The van der Waals surface area contributed by atoms with Gasteiger partial charge in [-0.1, -0.05) is 11.8 Å². The Balaban J connectivity index is 1.36. The summed E-state index contributed by atoms with van der Waals surface area (Å²) >= 11 is 4.88. The molecule has 0 saturated heterocycles. The predicted octanol–water partition coefficient (Wildman–Crippen LogP) is 5.34. The molecular weight excluding hydrogens is 436 g/mol. The molecule has 0 unspecified atom stereocenters. The van der Waals surface area contributed by atoms with Crippen LogP contribution in [0.2, 0.25) is 0 Å². The van der Waals surface area contributed by atoms with E-state index in [1.165, 1.54) is 33.6 Å². The number of aryl methyl sites for hydroxylation is 3. The number of aromatic amines is 1. The van der Waals surface area contributed by atoms with Crippen LogP contribution in [-0.2, 0) is 18.6 Å². The molecule has 0 saturated carbocycles. The summed E-state index contributed by atoms with van der Waals surface area (Å²) < 4.78 is 5.47. The number of fused-ring (bicyclic) bond motifs is 4. The lowest BCUT2D eigenvalue weighted by molar-refractivity contribution is 0.583. The van der Waals surface area contributed by atoms with E-state index < -0.39 is 0 Å². The summed E-state index contributed by atoms with van der Waals surface area (Å²) in [6.45, 7) is 1.93. The van der Waals surface area contributed by atoms with Crippen LogP contribution in [0.4, 0.5) is 0 Å². The normalized spacial score (nSPS) is 13.5. The Labute approximate surface area is 183 Å². The number of hydrogen-bond donors (Lipinski definition) is 1. The molecule has 150 valence electrons. The number of hydrogen-bond acceptors (Lipinski definition) is 8. The van der Waals surface area contributed by atoms with Crippen LogP contribution < -0.4 is 5.56 Å². The standard InChI is InChI=1S/C21H16N4O2S3/c1-10-22-20(17-11-4-2-6-14(11)30-21(17)23-10)29-9-15-24-18(26)16-12(8-28-19(16)25-15)13-5-3-7-27-13/h3,5,7-8H,2,4,6,9H2,1H3,(H,24,25,26). The van der Waals surface area contributed by atoms with E-state index in [1.807, 2.05) is 24.4 Å². The summed E-state index contributed by atoms with van der Waals surface area (Å²) in [4.78, 5) is 33.1. The van der Waals surface area contributed by atoms with Gasteiger partial charge in [-0.3, -0.25) is 4.79 Å². The minimum absolute atomic E-state index is 0.135. The van der Waals surface area contributed by atoms with Gasteiger partial charge >= 0.3 is 0 Å². The zero-order valence-corrected chi connectivity index (χ0v) is 18.5. The number of furan rings is 1. The van der Waals surface area contributed by atoms with Gasteiger partial charge in [0.1, 0.15) is 32.1 Å². The van der Waals surface area contributed by atoms with Gasteiger partial charge in [-0.25, -0.2) is 15.0 Å². The van der Waals surface area contributed by atoms with Crippen molar-refractivity contribution < 1.29 is 4.42 Å². The van der Waals surface area contributed by atoms with Gasteiger partial charge in [0.25, 0.3) is 5.56 Å². The van der Waals surface area contributed by atoms with Gasteiger partial charge < -0.3 is 9.40 Å². The maximum atomic E-state index is 12.8. The highest BCUT2D eigenvalue weighted by molar-refractivity contribution is 7.98. The fraction of sp³-hybridized carbons (Fsp3) is 0.238. The molecule has 1 N–H and O–H groups in total. The smallest absolute Gasteiger partial charge is 0.260 e. The third kappa shape index (κ3) is 2.91. The van der Waals surface area contributed by atoms with Crippen molar-refractivity contribution in [2.75, 3.05) is 0 Å². The number of thioether (sulfide) groups is 1. The number of thiophene rings is 2. The van der Waals surface area contributed by atoms with Gasteiger partial charge in [-0.2, -0.15) is 0 Å². The first-order valence-electron chi connectivity index (χ1n) is 9.63. The first-order chi connectivity index (χ1) is 14.7. The number of nitrogens with zero attached hydrogens (tertiary/aromatic N) is 3. The SMILES string of the molecule is Cc1nc(SCc2nc3scc(-c4ccco4)c3c(=O)[nH]2)c2c3c(sc2n1)CCC3. The molecule has 0 aromatic carbocycles. The molecule has 1 aliphatic rings. The zero-order valence-electron chi connectivity index (χ0n) is 16.0. The molecule has 5 aromatic rings. The van der Waals surface area contributed by atoms with Crippen molar-refractivity contribution >= 4 is 54.9 Å². The molecule has 0 fully saturated rings. The van der Waals surface area contributed by atoms with E-state index in [9.17, 15) is 4.79 Å². The summed E-state index contributed by atoms with van der Waals surface area (Å²) in [5.41, 5.74) is 2.06. The van der Waals surface area contributed by atoms with Crippen LogP contribution in [-0.4, -0.2) is 19.9 Å². The Morgan fingerprint density at radius 2 is 2.13 bits per heavy atom. The zero-order chi connectivity index (χ0) is 20.2. The fourth-order valence-electron chi connectivity index (χ4n) is 3.98. The fourth-order valence-corrected chi connectivity index (χ4v) is 7.27. The van der Waals surface area contributed by atoms with E-state index in [-0.39, 0.29) is 5.56 Å². The van der Waals surface area contributed by atoms with Crippen LogP contribution in [0.25, 0.3) is 31.8 Å². The van der Waals surface area contributed by atoms with E-state index in [0.717, 1.165) is 38.9 Å². The molecule has 0 aliphatic heterocycles. The Morgan fingerprint density at radius 3 is 3.00 bits per heavy atom. The molecule has 5 heterocycles. The molecular formula is C21H16N4O2S3. The van der Waals surface area contributed by atoms with E-state index in [0.29, 0.717) is 22.7 Å². The molecule has 9 heteroatoms. The second-order valence-corrected chi connectivity index (χ2v) is 10.1. The molecule has 6 rings (SSSR count). The Kier molecular flexibility index (Phi) is 4.29. The minimum Gasteiger partial charge on any atom is -0.464 e. The molecule has 1 aliphatic carbocycles. The van der Waals surface area contributed by atoms with Gasteiger partial charge in [0, 0.05) is 21.2 Å². The average molecular weight is 453 g/mol. The highest BCUT2D eigenvalue weighted by atomic mass is 32.2. The molecule has 30 heavy (non-hydrogen) atoms. The monoisotopic (exact) mass is 452 g/mol. The van der Waals surface area contributed by atoms with Crippen LogP contribution in [0.5, 0.6) is 0 Å². The van der Waals surface area contributed by atoms with Crippen molar-refractivity contribution in [2.24, 2.45) is 0 Å². The first kappa shape index (κ1) is 18.3. The second-order valence-electron chi connectivity index (χ2n) is 7.22. The van der Waals surface area contributed by atoms with E-state index in [1.54, 1.807) is 29.4 Å². The molecule has 0 atom stereocenters. The number of aromatic nitrogens is 4. The van der Waals surface area contributed by atoms with Crippen LogP contribution >= 0.6 is 34.4 Å². The van der Waals surface area contributed by atoms with Crippen molar-refractivity contribution in [3.8, 4) is 11.3 Å². The molecule has 6 nitrogen and oxygen atoms in total. The van der Waals surface area contributed by atoms with E-state index >= 15 is 0 Å². The quantitative estimate of drug-likeness (QED) is 0.293. The number of H-pyrrole nitrogens is 1. The molecule has 0 radical (unpaired) electrons. The first-order valence-corrected chi connectivity index (χ1v) is 12.3. The van der Waals surface area contributed by atoms with Crippen molar-refractivity contribution in [1.29, 1.82) is 0 Å². The van der Waals surface area contributed by atoms with E-state index in [2.05, 4.69) is 9.97 Å². The lowest BCUT2D eigenvalue weighted by Crippen LogP contribution is -2.10. The summed E-state index contributed by atoms with van der Waals surface area (Å²) in [5.74, 6) is 2.67. The van der Waals surface area contributed by atoms with Crippen molar-refractivity contribution in [1.82, 2.24) is 19.9 Å². The van der Waals surface area contributed by atoms with Crippen LogP contribution in [0.3, 0.4) is 0 Å². The lowest BCUT2D eigenvalue weighted by atomic mass is 10.2. The summed E-state index contributed by atoms with van der Waals surface area (Å²) in [6, 6.07) is 3.67. The van der Waals surface area contributed by atoms with Gasteiger partial charge in [0.2, 0.25) is 0 Å². The largest absolute Gasteiger partial charge is 0.464 e. The third-order valence-electron chi connectivity index (χ3n) is 5.27. The van der Waals surface area contributed by atoms with Crippen molar-refractivity contribution in [3.05, 3.63) is 56.2 Å². The molecule has 0 bridgehead atoms. The average Bonchev–Trinajstić information content (AvgIpc) is 3.48. The highest BCUT2D eigenvalue weighted by Crippen LogP contribution is 2.41. The van der Waals surface area contributed by atoms with Crippen LogP contribution in [0.1, 0.15) is 28.5 Å².